The first-order chi connectivity index (χ1) is 9.93. The third kappa shape index (κ3) is 5.95. The van der Waals surface area contributed by atoms with Crippen molar-refractivity contribution in [3.8, 4) is 0 Å². The Kier molecular flexibility index (Phi) is 6.87. The van der Waals surface area contributed by atoms with Gasteiger partial charge in [-0.1, -0.05) is 6.07 Å². The molecule has 0 saturated heterocycles. The van der Waals surface area contributed by atoms with E-state index in [1.807, 2.05) is 17.5 Å². The van der Waals surface area contributed by atoms with Crippen molar-refractivity contribution >= 4 is 29.1 Å². The summed E-state index contributed by atoms with van der Waals surface area (Å²) in [6.45, 7) is 1.72. The molecular weight excluding hydrogens is 292 g/mol. The maximum Gasteiger partial charge on any atom is 0.307 e. The summed E-state index contributed by atoms with van der Waals surface area (Å²) in [5, 5.41) is 4.67. The summed E-state index contributed by atoms with van der Waals surface area (Å²) < 4.78 is 4.54. The van der Waals surface area contributed by atoms with Crippen LogP contribution in [0.2, 0.25) is 0 Å². The smallest absolute Gasteiger partial charge is 0.307 e. The number of nitrogens with one attached hydrogen (secondary N) is 1. The number of hydrogen-bond donors (Lipinski definition) is 1. The van der Waals surface area contributed by atoms with Gasteiger partial charge in [-0.05, 0) is 11.4 Å². The molecule has 1 rings (SSSR count). The molecule has 0 aliphatic rings. The Bertz CT molecular complexity index is 487. The Hall–Kier alpha value is -1.89. The van der Waals surface area contributed by atoms with E-state index in [9.17, 15) is 14.4 Å². The van der Waals surface area contributed by atoms with Crippen LogP contribution in [-0.2, 0) is 19.1 Å². The van der Waals surface area contributed by atoms with Gasteiger partial charge < -0.3 is 15.0 Å². The maximum atomic E-state index is 12.2. The first kappa shape index (κ1) is 17.2. The molecule has 1 aromatic rings. The summed E-state index contributed by atoms with van der Waals surface area (Å²) in [7, 11) is 2.94. The van der Waals surface area contributed by atoms with Crippen LogP contribution in [0.5, 0.6) is 0 Å². The van der Waals surface area contributed by atoms with E-state index in [0.717, 1.165) is 4.88 Å². The van der Waals surface area contributed by atoms with Crippen molar-refractivity contribution in [2.24, 2.45) is 0 Å². The molecule has 0 saturated carbocycles. The van der Waals surface area contributed by atoms with Gasteiger partial charge in [-0.15, -0.1) is 11.3 Å². The van der Waals surface area contributed by atoms with E-state index in [2.05, 4.69) is 10.1 Å². The van der Waals surface area contributed by atoms with Crippen molar-refractivity contribution in [1.82, 2.24) is 10.2 Å². The lowest BCUT2D eigenvalue weighted by Gasteiger charge is -2.21. The molecule has 21 heavy (non-hydrogen) atoms. The molecule has 1 aromatic heterocycles. The number of nitrogens with zero attached hydrogens (tertiary/aromatic N) is 1. The zero-order valence-corrected chi connectivity index (χ0v) is 13.2. The lowest BCUT2D eigenvalue weighted by molar-refractivity contribution is -0.141. The van der Waals surface area contributed by atoms with Crippen molar-refractivity contribution in [2.75, 3.05) is 20.7 Å². The summed E-state index contributed by atoms with van der Waals surface area (Å²) in [5.74, 6) is -0.671. The van der Waals surface area contributed by atoms with Gasteiger partial charge in [0, 0.05) is 25.4 Å². The number of ether oxygens (including phenoxy) is 1. The van der Waals surface area contributed by atoms with E-state index < -0.39 is 0 Å². The molecule has 1 unspecified atom stereocenters. The van der Waals surface area contributed by atoms with Crippen molar-refractivity contribution in [2.45, 2.75) is 25.8 Å². The van der Waals surface area contributed by atoms with Gasteiger partial charge in [-0.2, -0.15) is 0 Å². The van der Waals surface area contributed by atoms with Crippen LogP contribution in [-0.4, -0.2) is 43.4 Å². The van der Waals surface area contributed by atoms with Crippen molar-refractivity contribution < 1.29 is 19.1 Å². The predicted molar refractivity (Wildman–Crippen MR) is 79.8 cm³/mol. The molecule has 1 atom stereocenters. The molecule has 1 heterocycles. The number of rotatable bonds is 7. The molecule has 0 bridgehead atoms. The molecule has 0 aliphatic carbocycles. The Morgan fingerprint density at radius 1 is 1.43 bits per heavy atom. The monoisotopic (exact) mass is 312 g/mol. The minimum Gasteiger partial charge on any atom is -0.469 e. The van der Waals surface area contributed by atoms with Crippen molar-refractivity contribution in [3.63, 3.8) is 0 Å². The number of esters is 1. The highest BCUT2D eigenvalue weighted by Crippen LogP contribution is 2.22. The van der Waals surface area contributed by atoms with Crippen LogP contribution < -0.4 is 5.32 Å². The molecule has 6 nitrogen and oxygen atoms in total. The molecule has 2 amide bonds. The van der Waals surface area contributed by atoms with Gasteiger partial charge in [0.05, 0.1) is 26.0 Å². The summed E-state index contributed by atoms with van der Waals surface area (Å²) in [4.78, 5) is 36.9. The van der Waals surface area contributed by atoms with Gasteiger partial charge in [0.2, 0.25) is 11.8 Å². The van der Waals surface area contributed by atoms with Gasteiger partial charge in [0.1, 0.15) is 0 Å². The Labute approximate surface area is 128 Å². The van der Waals surface area contributed by atoms with Crippen LogP contribution in [0.15, 0.2) is 17.5 Å². The molecule has 0 aliphatic heterocycles. The zero-order chi connectivity index (χ0) is 15.8. The predicted octanol–water partition coefficient (Wildman–Crippen LogP) is 1.34. The van der Waals surface area contributed by atoms with Crippen LogP contribution in [0.1, 0.15) is 30.7 Å². The molecular formula is C14H20N2O4S. The normalized spacial score (nSPS) is 11.6. The second-order valence-corrected chi connectivity index (χ2v) is 5.59. The largest absolute Gasteiger partial charge is 0.469 e. The number of carbonyl (C=O) groups excluding carboxylic acids is 3. The van der Waals surface area contributed by atoms with Crippen LogP contribution in [0, 0.1) is 0 Å². The van der Waals surface area contributed by atoms with E-state index >= 15 is 0 Å². The van der Waals surface area contributed by atoms with Crippen molar-refractivity contribution in [1.29, 1.82) is 0 Å². The molecule has 1 N–H and O–H groups in total. The second-order valence-electron chi connectivity index (χ2n) is 4.61. The number of hydrogen-bond acceptors (Lipinski definition) is 5. The highest BCUT2D eigenvalue weighted by atomic mass is 32.1. The van der Waals surface area contributed by atoms with Gasteiger partial charge in [0.15, 0.2) is 0 Å². The molecule has 0 aromatic carbocycles. The number of methoxy groups -OCH3 is 1. The third-order valence-corrected chi connectivity index (χ3v) is 3.93. The summed E-state index contributed by atoms with van der Waals surface area (Å²) in [6, 6.07) is 3.42. The molecule has 0 spiro atoms. The fourth-order valence-electron chi connectivity index (χ4n) is 1.77. The average molecular weight is 312 g/mol. The molecule has 0 fully saturated rings. The molecule has 0 radical (unpaired) electrons. The van der Waals surface area contributed by atoms with Crippen LogP contribution in [0.4, 0.5) is 0 Å². The van der Waals surface area contributed by atoms with E-state index in [4.69, 9.17) is 0 Å². The Morgan fingerprint density at radius 3 is 2.67 bits per heavy atom. The van der Waals surface area contributed by atoms with E-state index in [0.29, 0.717) is 6.54 Å². The Morgan fingerprint density at radius 2 is 2.14 bits per heavy atom. The highest BCUT2D eigenvalue weighted by Gasteiger charge is 2.20. The average Bonchev–Trinajstić information content (AvgIpc) is 2.97. The number of amides is 2. The van der Waals surface area contributed by atoms with Crippen LogP contribution in [0.25, 0.3) is 0 Å². The number of carbonyl (C=O) groups is 3. The highest BCUT2D eigenvalue weighted by molar-refractivity contribution is 7.10. The third-order valence-electron chi connectivity index (χ3n) is 2.95. The van der Waals surface area contributed by atoms with Crippen molar-refractivity contribution in [3.05, 3.63) is 22.4 Å². The Balaban J connectivity index is 2.59. The standard InChI is InChI=1S/C14H20N2O4S/c1-10(17)15-11(12-5-4-8-21-12)9-13(18)16(2)7-6-14(19)20-3/h4-5,8,11H,6-7,9H2,1-3H3,(H,15,17). The van der Waals surface area contributed by atoms with Crippen LogP contribution >= 0.6 is 11.3 Å². The van der Waals surface area contributed by atoms with E-state index in [1.54, 1.807) is 7.05 Å². The van der Waals surface area contributed by atoms with Crippen LogP contribution in [0.3, 0.4) is 0 Å². The topological polar surface area (TPSA) is 75.7 Å². The fraction of sp³-hybridized carbons (Fsp3) is 0.500. The van der Waals surface area contributed by atoms with E-state index in [1.165, 1.54) is 30.3 Å². The summed E-state index contributed by atoms with van der Waals surface area (Å²) >= 11 is 1.49. The van der Waals surface area contributed by atoms with Gasteiger partial charge in [0.25, 0.3) is 0 Å². The minimum atomic E-state index is -0.355. The first-order valence-corrected chi connectivity index (χ1v) is 7.43. The van der Waals surface area contributed by atoms with E-state index in [-0.39, 0.29) is 36.7 Å². The summed E-state index contributed by atoms with van der Waals surface area (Å²) in [5.41, 5.74) is 0. The SMILES string of the molecule is COC(=O)CCN(C)C(=O)CC(NC(C)=O)c1cccs1. The second kappa shape index (κ2) is 8.41. The maximum absolute atomic E-state index is 12.2. The van der Waals surface area contributed by atoms with Gasteiger partial charge in [-0.25, -0.2) is 0 Å². The lowest BCUT2D eigenvalue weighted by atomic mass is 10.1. The van der Waals surface area contributed by atoms with Gasteiger partial charge in [-0.3, -0.25) is 14.4 Å². The number of thiophene rings is 1. The quantitative estimate of drug-likeness (QED) is 0.771. The molecule has 116 valence electrons. The minimum absolute atomic E-state index is 0.133. The zero-order valence-electron chi connectivity index (χ0n) is 12.4. The first-order valence-electron chi connectivity index (χ1n) is 6.55. The fourth-order valence-corrected chi connectivity index (χ4v) is 2.55. The summed E-state index contributed by atoms with van der Waals surface area (Å²) in [6.07, 6.45) is 0.320. The molecule has 7 heteroatoms. The lowest BCUT2D eigenvalue weighted by Crippen LogP contribution is -2.34. The van der Waals surface area contributed by atoms with Gasteiger partial charge >= 0.3 is 5.97 Å².